The number of anilines is 1. The Labute approximate surface area is 150 Å². The Kier molecular flexibility index (Phi) is 3.65. The number of nitrogens with zero attached hydrogens (tertiary/aromatic N) is 4. The molecule has 1 aromatic carbocycles. The van der Waals surface area contributed by atoms with E-state index in [-0.39, 0.29) is 5.82 Å². The van der Waals surface area contributed by atoms with Crippen molar-refractivity contribution in [3.8, 4) is 5.69 Å². The first-order valence-electron chi connectivity index (χ1n) is 9.21. The van der Waals surface area contributed by atoms with E-state index in [4.69, 9.17) is 0 Å². The maximum absolute atomic E-state index is 14.4. The summed E-state index contributed by atoms with van der Waals surface area (Å²) in [6.45, 7) is 1.01. The van der Waals surface area contributed by atoms with Gasteiger partial charge in [0.1, 0.15) is 17.7 Å². The van der Waals surface area contributed by atoms with Crippen LogP contribution in [0.4, 0.5) is 14.5 Å². The molecule has 1 aliphatic heterocycles. The van der Waals surface area contributed by atoms with Gasteiger partial charge in [0, 0.05) is 36.6 Å². The van der Waals surface area contributed by atoms with Crippen LogP contribution in [0.3, 0.4) is 0 Å². The Hall–Kier alpha value is -2.50. The number of pyridine rings is 1. The van der Waals surface area contributed by atoms with Crippen molar-refractivity contribution in [1.82, 2.24) is 14.8 Å². The van der Waals surface area contributed by atoms with E-state index in [0.29, 0.717) is 36.8 Å². The molecule has 3 heterocycles. The topological polar surface area (TPSA) is 34.0 Å². The number of rotatable bonds is 3. The van der Waals surface area contributed by atoms with Crippen LogP contribution in [0.1, 0.15) is 37.2 Å². The van der Waals surface area contributed by atoms with Crippen molar-refractivity contribution >= 4 is 16.7 Å². The summed E-state index contributed by atoms with van der Waals surface area (Å²) >= 11 is 0. The molecule has 0 N–H and O–H groups in total. The van der Waals surface area contributed by atoms with Gasteiger partial charge in [-0.05, 0) is 55.0 Å². The van der Waals surface area contributed by atoms with Crippen LogP contribution in [0.2, 0.25) is 0 Å². The van der Waals surface area contributed by atoms with E-state index in [0.717, 1.165) is 11.1 Å². The molecule has 1 saturated carbocycles. The predicted molar refractivity (Wildman–Crippen MR) is 97.1 cm³/mol. The molecule has 4 nitrogen and oxygen atoms in total. The number of halogens is 2. The van der Waals surface area contributed by atoms with Crippen LogP contribution >= 0.6 is 0 Å². The monoisotopic (exact) mass is 354 g/mol. The van der Waals surface area contributed by atoms with Gasteiger partial charge in [-0.2, -0.15) is 0 Å². The minimum absolute atomic E-state index is 0.350. The molecule has 2 aromatic heterocycles. The third kappa shape index (κ3) is 2.64. The highest BCUT2D eigenvalue weighted by Crippen LogP contribution is 2.37. The van der Waals surface area contributed by atoms with E-state index in [1.54, 1.807) is 16.8 Å². The van der Waals surface area contributed by atoms with Gasteiger partial charge in [-0.25, -0.2) is 18.4 Å². The lowest BCUT2D eigenvalue weighted by Crippen LogP contribution is -2.20. The van der Waals surface area contributed by atoms with Gasteiger partial charge in [0.05, 0.1) is 0 Å². The fourth-order valence-electron chi connectivity index (χ4n) is 3.85. The minimum Gasteiger partial charge on any atom is -0.368 e. The fraction of sp³-hybridized carbons (Fsp3) is 0.400. The molecule has 5 rings (SSSR count). The van der Waals surface area contributed by atoms with Crippen LogP contribution in [0, 0.1) is 5.82 Å². The largest absolute Gasteiger partial charge is 0.368 e. The van der Waals surface area contributed by atoms with Crippen molar-refractivity contribution in [2.75, 3.05) is 18.0 Å². The van der Waals surface area contributed by atoms with Gasteiger partial charge in [-0.3, -0.25) is 0 Å². The van der Waals surface area contributed by atoms with Gasteiger partial charge in [0.2, 0.25) is 0 Å². The molecular weight excluding hydrogens is 334 g/mol. The molecule has 26 heavy (non-hydrogen) atoms. The van der Waals surface area contributed by atoms with Crippen LogP contribution in [0.5, 0.6) is 0 Å². The Bertz CT molecular complexity index is 964. The van der Waals surface area contributed by atoms with Crippen molar-refractivity contribution < 1.29 is 8.78 Å². The normalized spacial score (nSPS) is 20.7. The predicted octanol–water partition coefficient (Wildman–Crippen LogP) is 4.38. The Balaban J connectivity index is 1.52. The molecule has 0 spiro atoms. The van der Waals surface area contributed by atoms with Crippen molar-refractivity contribution in [2.45, 2.75) is 37.8 Å². The number of aromatic nitrogens is 3. The first-order chi connectivity index (χ1) is 12.7. The molecule has 2 fully saturated rings. The highest BCUT2D eigenvalue weighted by Gasteiger charge is 2.23. The molecule has 3 aromatic rings. The zero-order chi connectivity index (χ0) is 17.7. The van der Waals surface area contributed by atoms with Crippen LogP contribution in [-0.4, -0.2) is 34.0 Å². The summed E-state index contributed by atoms with van der Waals surface area (Å²) in [5.74, 6) is 0.246. The Morgan fingerprint density at radius 3 is 2.73 bits per heavy atom. The summed E-state index contributed by atoms with van der Waals surface area (Å²) in [6.07, 6.45) is 7.12. The standard InChI is InChI=1S/C20H20F2N4/c21-16-6-7-25(12-16)17-4-5-18(22)19(9-17)26-11-15-8-14(13-2-1-3-13)10-23-20(15)24-26/h4-5,8-11,13,16H,1-3,6-7,12H2/t16-/m1/s1. The quantitative estimate of drug-likeness (QED) is 0.700. The van der Waals surface area contributed by atoms with Gasteiger partial charge in [0.15, 0.2) is 5.65 Å². The molecule has 6 heteroatoms. The highest BCUT2D eigenvalue weighted by atomic mass is 19.1. The molecule has 1 saturated heterocycles. The second-order valence-electron chi connectivity index (χ2n) is 7.35. The maximum atomic E-state index is 14.4. The van der Waals surface area contributed by atoms with Gasteiger partial charge in [0.25, 0.3) is 0 Å². The second-order valence-corrected chi connectivity index (χ2v) is 7.35. The van der Waals surface area contributed by atoms with E-state index in [2.05, 4.69) is 16.1 Å². The molecule has 1 atom stereocenters. The van der Waals surface area contributed by atoms with Crippen molar-refractivity contribution in [3.05, 3.63) is 48.0 Å². The van der Waals surface area contributed by atoms with E-state index >= 15 is 0 Å². The molecule has 0 amide bonds. The molecule has 2 aliphatic rings. The number of benzene rings is 1. The zero-order valence-corrected chi connectivity index (χ0v) is 14.4. The molecular formula is C20H20F2N4. The summed E-state index contributed by atoms with van der Waals surface area (Å²) < 4.78 is 29.5. The number of alkyl halides is 1. The van der Waals surface area contributed by atoms with E-state index in [1.807, 2.05) is 17.3 Å². The van der Waals surface area contributed by atoms with Crippen molar-refractivity contribution in [1.29, 1.82) is 0 Å². The molecule has 1 aliphatic carbocycles. The van der Waals surface area contributed by atoms with Gasteiger partial charge in [-0.15, -0.1) is 5.10 Å². The molecule has 134 valence electrons. The summed E-state index contributed by atoms with van der Waals surface area (Å²) in [7, 11) is 0. The smallest absolute Gasteiger partial charge is 0.181 e. The van der Waals surface area contributed by atoms with Crippen LogP contribution in [0.25, 0.3) is 16.7 Å². The van der Waals surface area contributed by atoms with Crippen LogP contribution < -0.4 is 4.90 Å². The van der Waals surface area contributed by atoms with Gasteiger partial charge >= 0.3 is 0 Å². The lowest BCUT2D eigenvalue weighted by Gasteiger charge is -2.25. The number of hydrogen-bond donors (Lipinski definition) is 0. The molecule has 0 radical (unpaired) electrons. The molecule has 0 unspecified atom stereocenters. The van der Waals surface area contributed by atoms with Crippen LogP contribution in [-0.2, 0) is 0 Å². The molecule has 0 bridgehead atoms. The van der Waals surface area contributed by atoms with E-state index < -0.39 is 6.17 Å². The van der Waals surface area contributed by atoms with Crippen molar-refractivity contribution in [2.24, 2.45) is 0 Å². The first kappa shape index (κ1) is 15.7. The lowest BCUT2D eigenvalue weighted by molar-refractivity contribution is 0.364. The van der Waals surface area contributed by atoms with Crippen molar-refractivity contribution in [3.63, 3.8) is 0 Å². The van der Waals surface area contributed by atoms with Crippen LogP contribution in [0.15, 0.2) is 36.7 Å². The average Bonchev–Trinajstić information content (AvgIpc) is 3.19. The van der Waals surface area contributed by atoms with E-state index in [1.165, 1.54) is 30.9 Å². The lowest BCUT2D eigenvalue weighted by atomic mass is 9.80. The average molecular weight is 354 g/mol. The summed E-state index contributed by atoms with van der Waals surface area (Å²) in [5, 5.41) is 5.36. The third-order valence-electron chi connectivity index (χ3n) is 5.63. The maximum Gasteiger partial charge on any atom is 0.181 e. The van der Waals surface area contributed by atoms with Gasteiger partial charge in [-0.1, -0.05) is 6.42 Å². The first-order valence-corrected chi connectivity index (χ1v) is 9.21. The SMILES string of the molecule is Fc1ccc(N2CC[C@@H](F)C2)cc1-n1cc2cc(C3CCC3)cnc2n1. The Morgan fingerprint density at radius 2 is 2.00 bits per heavy atom. The van der Waals surface area contributed by atoms with E-state index in [9.17, 15) is 8.78 Å². The number of fused-ring (bicyclic) bond motifs is 1. The second kappa shape index (κ2) is 6.04. The number of hydrogen-bond acceptors (Lipinski definition) is 3. The summed E-state index contributed by atoms with van der Waals surface area (Å²) in [6, 6.07) is 6.99. The van der Waals surface area contributed by atoms with Gasteiger partial charge < -0.3 is 4.90 Å². The zero-order valence-electron chi connectivity index (χ0n) is 14.4. The summed E-state index contributed by atoms with van der Waals surface area (Å²) in [4.78, 5) is 6.40. The minimum atomic E-state index is -0.815. The summed E-state index contributed by atoms with van der Waals surface area (Å²) in [5.41, 5.74) is 3.05. The Morgan fingerprint density at radius 1 is 1.12 bits per heavy atom. The fourth-order valence-corrected chi connectivity index (χ4v) is 3.85. The third-order valence-corrected chi connectivity index (χ3v) is 5.63. The highest BCUT2D eigenvalue weighted by molar-refractivity contribution is 5.75.